The first-order valence-electron chi connectivity index (χ1n) is 5.66. The molecule has 1 heterocycles. The van der Waals surface area contributed by atoms with E-state index in [1.54, 1.807) is 6.92 Å². The summed E-state index contributed by atoms with van der Waals surface area (Å²) in [5.41, 5.74) is 3.57. The number of anilines is 1. The van der Waals surface area contributed by atoms with Crippen LogP contribution in [0.25, 0.3) is 0 Å². The van der Waals surface area contributed by atoms with Crippen LogP contribution in [-0.2, 0) is 11.2 Å². The number of halogens is 1. The summed E-state index contributed by atoms with van der Waals surface area (Å²) in [6.07, 6.45) is 0.967. The van der Waals surface area contributed by atoms with Crippen molar-refractivity contribution in [2.45, 2.75) is 34.1 Å². The zero-order valence-corrected chi connectivity index (χ0v) is 11.9. The van der Waals surface area contributed by atoms with E-state index in [0.717, 1.165) is 23.1 Å². The zero-order valence-electron chi connectivity index (χ0n) is 10.3. The number of rotatable bonds is 0. The molecule has 1 aliphatic rings. The number of carbonyl (C=O) groups excluding carboxylic acids is 1. The van der Waals surface area contributed by atoms with Gasteiger partial charge in [0.1, 0.15) is 0 Å². The molecule has 1 aliphatic heterocycles. The lowest BCUT2D eigenvalue weighted by Gasteiger charge is -2.16. The lowest BCUT2D eigenvalue weighted by molar-refractivity contribution is -0.116. The van der Waals surface area contributed by atoms with E-state index >= 15 is 0 Å². The highest BCUT2D eigenvalue weighted by molar-refractivity contribution is 9.10. The molecule has 0 N–H and O–H groups in total. The summed E-state index contributed by atoms with van der Waals surface area (Å²) in [6.45, 7) is 8.50. The summed E-state index contributed by atoms with van der Waals surface area (Å²) >= 11 is 3.51. The number of aryl methyl sites for hydroxylation is 1. The van der Waals surface area contributed by atoms with E-state index in [4.69, 9.17) is 0 Å². The first-order chi connectivity index (χ1) is 7.59. The third-order valence-corrected chi connectivity index (χ3v) is 3.15. The van der Waals surface area contributed by atoms with Crippen LogP contribution in [0.1, 0.15) is 31.9 Å². The Labute approximate surface area is 106 Å². The molecule has 1 aromatic rings. The Kier molecular flexibility index (Phi) is 4.54. The van der Waals surface area contributed by atoms with Crippen molar-refractivity contribution in [1.29, 1.82) is 0 Å². The van der Waals surface area contributed by atoms with Crippen LogP contribution < -0.4 is 4.90 Å². The van der Waals surface area contributed by atoms with E-state index in [0.29, 0.717) is 0 Å². The fourth-order valence-electron chi connectivity index (χ4n) is 1.96. The van der Waals surface area contributed by atoms with Gasteiger partial charge in [-0.3, -0.25) is 4.79 Å². The van der Waals surface area contributed by atoms with Gasteiger partial charge >= 0.3 is 0 Å². The second-order valence-corrected chi connectivity index (χ2v) is 4.53. The van der Waals surface area contributed by atoms with E-state index in [1.807, 2.05) is 18.7 Å². The van der Waals surface area contributed by atoms with Crippen molar-refractivity contribution in [2.24, 2.45) is 0 Å². The van der Waals surface area contributed by atoms with Crippen molar-refractivity contribution in [1.82, 2.24) is 0 Å². The van der Waals surface area contributed by atoms with Crippen molar-refractivity contribution < 1.29 is 4.79 Å². The molecule has 1 aromatic carbocycles. The van der Waals surface area contributed by atoms with E-state index in [2.05, 4.69) is 35.0 Å². The fourth-order valence-corrected chi connectivity index (χ4v) is 2.79. The maximum Gasteiger partial charge on any atom is 0.223 e. The second kappa shape index (κ2) is 5.48. The second-order valence-electron chi connectivity index (χ2n) is 3.68. The number of hydrogen-bond donors (Lipinski definition) is 0. The van der Waals surface area contributed by atoms with Crippen LogP contribution >= 0.6 is 15.9 Å². The quantitative estimate of drug-likeness (QED) is 0.711. The molecule has 0 atom stereocenters. The molecule has 1 amide bonds. The summed E-state index contributed by atoms with van der Waals surface area (Å²) in [5.74, 6) is 0.119. The average molecular weight is 284 g/mol. The first-order valence-corrected chi connectivity index (χ1v) is 6.46. The molecular weight excluding hydrogens is 266 g/mol. The van der Waals surface area contributed by atoms with Crippen LogP contribution in [0.2, 0.25) is 0 Å². The van der Waals surface area contributed by atoms with Crippen molar-refractivity contribution in [2.75, 3.05) is 11.4 Å². The van der Waals surface area contributed by atoms with E-state index < -0.39 is 0 Å². The molecule has 0 fully saturated rings. The number of carbonyl (C=O) groups is 1. The third kappa shape index (κ3) is 2.46. The molecule has 88 valence electrons. The Balaban J connectivity index is 0.000000606. The standard InChI is InChI=1S/C11H12BrNO.C2H6/c1-7-5-9-3-4-13(8(2)14)11(9)10(12)6-7;1-2/h5-6H,3-4H2,1-2H3;1-2H3. The molecule has 0 saturated heterocycles. The maximum absolute atomic E-state index is 11.4. The Morgan fingerprint density at radius 1 is 1.38 bits per heavy atom. The highest BCUT2D eigenvalue weighted by Crippen LogP contribution is 2.36. The van der Waals surface area contributed by atoms with Crippen molar-refractivity contribution >= 4 is 27.5 Å². The van der Waals surface area contributed by atoms with Crippen LogP contribution in [0.15, 0.2) is 16.6 Å². The Hall–Kier alpha value is -0.830. The van der Waals surface area contributed by atoms with Gasteiger partial charge < -0.3 is 4.90 Å². The molecule has 0 radical (unpaired) electrons. The minimum atomic E-state index is 0.119. The molecule has 0 saturated carbocycles. The van der Waals surface area contributed by atoms with Gasteiger partial charge in [-0.25, -0.2) is 0 Å². The normalized spacial score (nSPS) is 12.9. The first kappa shape index (κ1) is 13.2. The van der Waals surface area contributed by atoms with Gasteiger partial charge in [-0.15, -0.1) is 0 Å². The zero-order chi connectivity index (χ0) is 12.3. The molecule has 0 bridgehead atoms. The Morgan fingerprint density at radius 3 is 2.56 bits per heavy atom. The molecule has 3 heteroatoms. The summed E-state index contributed by atoms with van der Waals surface area (Å²) in [5, 5.41) is 0. The predicted molar refractivity (Wildman–Crippen MR) is 72.0 cm³/mol. The molecule has 2 rings (SSSR count). The molecule has 2 nitrogen and oxygen atoms in total. The molecule has 16 heavy (non-hydrogen) atoms. The summed E-state index contributed by atoms with van der Waals surface area (Å²) in [6, 6.07) is 4.21. The summed E-state index contributed by atoms with van der Waals surface area (Å²) < 4.78 is 1.03. The summed E-state index contributed by atoms with van der Waals surface area (Å²) in [4.78, 5) is 13.2. The van der Waals surface area contributed by atoms with Crippen molar-refractivity contribution in [3.8, 4) is 0 Å². The van der Waals surface area contributed by atoms with Gasteiger partial charge in [0.2, 0.25) is 5.91 Å². The van der Waals surface area contributed by atoms with Gasteiger partial charge in [0.15, 0.2) is 0 Å². The lowest BCUT2D eigenvalue weighted by Crippen LogP contribution is -2.26. The van der Waals surface area contributed by atoms with Gasteiger partial charge in [0.05, 0.1) is 5.69 Å². The topological polar surface area (TPSA) is 20.3 Å². The van der Waals surface area contributed by atoms with Crippen molar-refractivity contribution in [3.63, 3.8) is 0 Å². The third-order valence-electron chi connectivity index (χ3n) is 2.54. The smallest absolute Gasteiger partial charge is 0.223 e. The van der Waals surface area contributed by atoms with Crippen LogP contribution in [-0.4, -0.2) is 12.5 Å². The molecule has 0 aliphatic carbocycles. The van der Waals surface area contributed by atoms with Crippen LogP contribution in [0.3, 0.4) is 0 Å². The minimum Gasteiger partial charge on any atom is -0.311 e. The number of benzene rings is 1. The highest BCUT2D eigenvalue weighted by atomic mass is 79.9. The summed E-state index contributed by atoms with van der Waals surface area (Å²) in [7, 11) is 0. The molecule has 0 spiro atoms. The average Bonchev–Trinajstić information content (AvgIpc) is 2.64. The molecular formula is C13H18BrNO. The van der Waals surface area contributed by atoms with Crippen molar-refractivity contribution in [3.05, 3.63) is 27.7 Å². The maximum atomic E-state index is 11.4. The number of fused-ring (bicyclic) bond motifs is 1. The Bertz CT molecular complexity index is 401. The largest absolute Gasteiger partial charge is 0.311 e. The highest BCUT2D eigenvalue weighted by Gasteiger charge is 2.24. The number of nitrogens with zero attached hydrogens (tertiary/aromatic N) is 1. The fraction of sp³-hybridized carbons (Fsp3) is 0.462. The van der Waals surface area contributed by atoms with Crippen LogP contribution in [0.4, 0.5) is 5.69 Å². The van der Waals surface area contributed by atoms with Gasteiger partial charge in [-0.2, -0.15) is 0 Å². The number of hydrogen-bond acceptors (Lipinski definition) is 1. The van der Waals surface area contributed by atoms with Crippen LogP contribution in [0.5, 0.6) is 0 Å². The van der Waals surface area contributed by atoms with Gasteiger partial charge in [-0.1, -0.05) is 19.9 Å². The van der Waals surface area contributed by atoms with E-state index in [-0.39, 0.29) is 5.91 Å². The van der Waals surface area contributed by atoms with E-state index in [9.17, 15) is 4.79 Å². The van der Waals surface area contributed by atoms with Crippen LogP contribution in [0, 0.1) is 6.92 Å². The van der Waals surface area contributed by atoms with E-state index in [1.165, 1.54) is 11.1 Å². The predicted octanol–water partition coefficient (Wildman–Crippen LogP) is 3.69. The molecule has 0 unspecified atom stereocenters. The minimum absolute atomic E-state index is 0.119. The lowest BCUT2D eigenvalue weighted by atomic mass is 10.1. The van der Waals surface area contributed by atoms with Gasteiger partial charge in [-0.05, 0) is 46.5 Å². The SMILES string of the molecule is CC.CC(=O)N1CCc2cc(C)cc(Br)c21. The Morgan fingerprint density at radius 2 is 2.00 bits per heavy atom. The monoisotopic (exact) mass is 283 g/mol. The molecule has 0 aromatic heterocycles. The van der Waals surface area contributed by atoms with Gasteiger partial charge in [0, 0.05) is 17.9 Å². The number of amides is 1. The van der Waals surface area contributed by atoms with Gasteiger partial charge in [0.25, 0.3) is 0 Å².